The minimum absolute atomic E-state index is 0.121. The van der Waals surface area contributed by atoms with E-state index < -0.39 is 0 Å². The number of unbranched alkanes of at least 4 members (excludes halogenated alkanes) is 2. The van der Waals surface area contributed by atoms with Gasteiger partial charge in [0.1, 0.15) is 0 Å². The minimum atomic E-state index is -0.121. The largest absolute Gasteiger partial charge is 0.466 e. The zero-order valence-corrected chi connectivity index (χ0v) is 12.6. The number of para-hydroxylation sites is 1. The van der Waals surface area contributed by atoms with Crippen molar-refractivity contribution in [1.82, 2.24) is 0 Å². The van der Waals surface area contributed by atoms with E-state index in [2.05, 4.69) is 5.32 Å². The van der Waals surface area contributed by atoms with Gasteiger partial charge in [-0.05, 0) is 31.9 Å². The monoisotopic (exact) mass is 303 g/mol. The van der Waals surface area contributed by atoms with Gasteiger partial charge in [-0.3, -0.25) is 4.79 Å². The Labute approximate surface area is 124 Å². The molecule has 1 aromatic rings. The van der Waals surface area contributed by atoms with E-state index in [1.54, 1.807) is 12.1 Å². The molecule has 0 amide bonds. The maximum atomic E-state index is 11.1. The first-order valence-corrected chi connectivity index (χ1v) is 7.24. The van der Waals surface area contributed by atoms with Gasteiger partial charge in [0.05, 0.1) is 22.3 Å². The Morgan fingerprint density at radius 2 is 1.89 bits per heavy atom. The maximum Gasteiger partial charge on any atom is 0.305 e. The van der Waals surface area contributed by atoms with Crippen molar-refractivity contribution in [3.8, 4) is 0 Å². The zero-order chi connectivity index (χ0) is 14.1. The first-order valence-electron chi connectivity index (χ1n) is 6.48. The fraction of sp³-hybridized carbons (Fsp3) is 0.500. The number of hydrogen-bond acceptors (Lipinski definition) is 3. The fourth-order valence-electron chi connectivity index (χ4n) is 1.68. The normalized spacial score (nSPS) is 10.3. The van der Waals surface area contributed by atoms with Crippen molar-refractivity contribution in [1.29, 1.82) is 0 Å². The van der Waals surface area contributed by atoms with Crippen molar-refractivity contribution in [3.05, 3.63) is 28.2 Å². The molecule has 0 aliphatic carbocycles. The Bertz CT molecular complexity index is 390. The summed E-state index contributed by atoms with van der Waals surface area (Å²) in [4.78, 5) is 11.1. The Morgan fingerprint density at radius 1 is 1.21 bits per heavy atom. The van der Waals surface area contributed by atoms with E-state index in [0.717, 1.165) is 31.5 Å². The number of esters is 1. The van der Waals surface area contributed by atoms with Gasteiger partial charge in [-0.1, -0.05) is 35.7 Å². The summed E-state index contributed by atoms with van der Waals surface area (Å²) >= 11 is 12.1. The molecule has 0 radical (unpaired) electrons. The summed E-state index contributed by atoms with van der Waals surface area (Å²) in [6.45, 7) is 3.05. The molecule has 0 atom stereocenters. The number of rotatable bonds is 8. The molecule has 1 aromatic carbocycles. The third-order valence-corrected chi connectivity index (χ3v) is 3.26. The molecular weight excluding hydrogens is 285 g/mol. The smallest absolute Gasteiger partial charge is 0.305 e. The molecule has 0 aliphatic heterocycles. The van der Waals surface area contributed by atoms with E-state index in [1.165, 1.54) is 0 Å². The first-order chi connectivity index (χ1) is 9.15. The van der Waals surface area contributed by atoms with Gasteiger partial charge in [0.15, 0.2) is 0 Å². The van der Waals surface area contributed by atoms with Crippen LogP contribution in [0, 0.1) is 0 Å². The van der Waals surface area contributed by atoms with Crippen molar-refractivity contribution in [2.45, 2.75) is 32.6 Å². The highest BCUT2D eigenvalue weighted by atomic mass is 35.5. The number of anilines is 1. The summed E-state index contributed by atoms with van der Waals surface area (Å²) in [6, 6.07) is 5.42. The summed E-state index contributed by atoms with van der Waals surface area (Å²) in [5, 5.41) is 4.46. The summed E-state index contributed by atoms with van der Waals surface area (Å²) in [7, 11) is 0. The van der Waals surface area contributed by atoms with Crippen molar-refractivity contribution in [2.24, 2.45) is 0 Å². The molecule has 1 rings (SSSR count). The second-order valence-electron chi connectivity index (χ2n) is 4.14. The van der Waals surface area contributed by atoms with Crippen LogP contribution in [0.25, 0.3) is 0 Å². The highest BCUT2D eigenvalue weighted by Gasteiger charge is 2.04. The Balaban J connectivity index is 2.16. The lowest BCUT2D eigenvalue weighted by atomic mass is 10.2. The van der Waals surface area contributed by atoms with Gasteiger partial charge in [-0.2, -0.15) is 0 Å². The van der Waals surface area contributed by atoms with Crippen molar-refractivity contribution >= 4 is 34.9 Å². The lowest BCUT2D eigenvalue weighted by Gasteiger charge is -2.09. The molecule has 0 aromatic heterocycles. The van der Waals surface area contributed by atoms with Gasteiger partial charge in [0.2, 0.25) is 0 Å². The van der Waals surface area contributed by atoms with E-state index in [9.17, 15) is 4.79 Å². The van der Waals surface area contributed by atoms with E-state index in [-0.39, 0.29) is 5.97 Å². The average molecular weight is 304 g/mol. The molecule has 0 saturated carbocycles. The van der Waals surface area contributed by atoms with Gasteiger partial charge >= 0.3 is 5.97 Å². The van der Waals surface area contributed by atoms with Gasteiger partial charge in [-0.25, -0.2) is 0 Å². The Hall–Kier alpha value is -0.930. The molecule has 0 aliphatic rings. The van der Waals surface area contributed by atoms with E-state index in [4.69, 9.17) is 27.9 Å². The molecule has 19 heavy (non-hydrogen) atoms. The number of nitrogens with one attached hydrogen (secondary N) is 1. The summed E-state index contributed by atoms with van der Waals surface area (Å²) in [6.07, 6.45) is 3.26. The van der Waals surface area contributed by atoms with Gasteiger partial charge in [-0.15, -0.1) is 0 Å². The Morgan fingerprint density at radius 3 is 2.53 bits per heavy atom. The van der Waals surface area contributed by atoms with Crippen LogP contribution in [0.5, 0.6) is 0 Å². The average Bonchev–Trinajstić information content (AvgIpc) is 2.36. The van der Waals surface area contributed by atoms with Gasteiger partial charge < -0.3 is 10.1 Å². The number of ether oxygens (including phenoxy) is 1. The Kier molecular flexibility index (Phi) is 7.68. The van der Waals surface area contributed by atoms with Crippen molar-refractivity contribution < 1.29 is 9.53 Å². The molecule has 0 heterocycles. The highest BCUT2D eigenvalue weighted by Crippen LogP contribution is 2.29. The molecule has 0 saturated heterocycles. The van der Waals surface area contributed by atoms with Gasteiger partial charge in [0.25, 0.3) is 0 Å². The molecule has 0 unspecified atom stereocenters. The minimum Gasteiger partial charge on any atom is -0.466 e. The lowest BCUT2D eigenvalue weighted by molar-refractivity contribution is -0.143. The predicted octanol–water partition coefficient (Wildman–Crippen LogP) is 4.53. The standard InChI is InChI=1S/C14H19Cl2NO2/c1-2-19-13(18)9-4-3-5-10-17-14-11(15)7-6-8-12(14)16/h6-8,17H,2-5,9-10H2,1H3. The van der Waals surface area contributed by atoms with Crippen molar-refractivity contribution in [3.63, 3.8) is 0 Å². The third kappa shape index (κ3) is 6.17. The van der Waals surface area contributed by atoms with Crippen LogP contribution in [0.2, 0.25) is 10.0 Å². The SMILES string of the molecule is CCOC(=O)CCCCCNc1c(Cl)cccc1Cl. The number of hydrogen-bond donors (Lipinski definition) is 1. The molecule has 0 fully saturated rings. The van der Waals surface area contributed by atoms with Crippen molar-refractivity contribution in [2.75, 3.05) is 18.5 Å². The van der Waals surface area contributed by atoms with E-state index in [1.807, 2.05) is 13.0 Å². The quantitative estimate of drug-likeness (QED) is 0.566. The third-order valence-electron chi connectivity index (χ3n) is 2.63. The van der Waals surface area contributed by atoms with Crippen LogP contribution >= 0.6 is 23.2 Å². The second kappa shape index (κ2) is 9.05. The second-order valence-corrected chi connectivity index (χ2v) is 4.95. The summed E-state index contributed by atoms with van der Waals surface area (Å²) in [5.41, 5.74) is 0.774. The number of halogens is 2. The zero-order valence-electron chi connectivity index (χ0n) is 11.0. The summed E-state index contributed by atoms with van der Waals surface area (Å²) < 4.78 is 4.86. The lowest BCUT2D eigenvalue weighted by Crippen LogP contribution is -2.05. The molecule has 3 nitrogen and oxygen atoms in total. The molecule has 0 spiro atoms. The van der Waals surface area contributed by atoms with Crippen LogP contribution < -0.4 is 5.32 Å². The maximum absolute atomic E-state index is 11.1. The van der Waals surface area contributed by atoms with Gasteiger partial charge in [0, 0.05) is 13.0 Å². The molecule has 0 bridgehead atoms. The predicted molar refractivity (Wildman–Crippen MR) is 80.1 cm³/mol. The number of carbonyl (C=O) groups is 1. The van der Waals surface area contributed by atoms with Crippen LogP contribution in [0.15, 0.2) is 18.2 Å². The van der Waals surface area contributed by atoms with E-state index in [0.29, 0.717) is 23.1 Å². The van der Waals surface area contributed by atoms with E-state index >= 15 is 0 Å². The molecule has 5 heteroatoms. The molecular formula is C14H19Cl2NO2. The van der Waals surface area contributed by atoms with Crippen LogP contribution in [0.1, 0.15) is 32.6 Å². The first kappa shape index (κ1) is 16.1. The molecule has 1 N–H and O–H groups in total. The number of carbonyl (C=O) groups excluding carboxylic acids is 1. The summed E-state index contributed by atoms with van der Waals surface area (Å²) in [5.74, 6) is -0.121. The highest BCUT2D eigenvalue weighted by molar-refractivity contribution is 6.39. The van der Waals surface area contributed by atoms with Crippen LogP contribution in [0.4, 0.5) is 5.69 Å². The topological polar surface area (TPSA) is 38.3 Å². The van der Waals surface area contributed by atoms with Crippen LogP contribution in [0.3, 0.4) is 0 Å². The molecule has 106 valence electrons. The van der Waals surface area contributed by atoms with Crippen LogP contribution in [-0.4, -0.2) is 19.1 Å². The van der Waals surface area contributed by atoms with Crippen LogP contribution in [-0.2, 0) is 9.53 Å². The number of benzene rings is 1. The fourth-order valence-corrected chi connectivity index (χ4v) is 2.22.